The van der Waals surface area contributed by atoms with Crippen LogP contribution in [0, 0.1) is 0 Å². The number of carbonyl (C=O) groups is 2. The molecule has 1 aliphatic carbocycles. The number of pyridine rings is 1. The van der Waals surface area contributed by atoms with Crippen molar-refractivity contribution in [1.82, 2.24) is 14.9 Å². The Bertz CT molecular complexity index is 674. The van der Waals surface area contributed by atoms with Crippen LogP contribution in [0.5, 0.6) is 0 Å². The highest BCUT2D eigenvalue weighted by Crippen LogP contribution is 2.17. The zero-order valence-corrected chi connectivity index (χ0v) is 13.5. The van der Waals surface area contributed by atoms with Gasteiger partial charge < -0.3 is 14.6 Å². The molecule has 24 heavy (non-hydrogen) atoms. The first-order chi connectivity index (χ1) is 11.7. The maximum absolute atomic E-state index is 12.0. The number of nitrogens with one attached hydrogen (secondary N) is 1. The van der Waals surface area contributed by atoms with Gasteiger partial charge >= 0.3 is 5.97 Å². The van der Waals surface area contributed by atoms with Gasteiger partial charge in [-0.1, -0.05) is 19.3 Å². The van der Waals surface area contributed by atoms with Gasteiger partial charge in [0.05, 0.1) is 5.56 Å². The van der Waals surface area contributed by atoms with Crippen LogP contribution >= 0.6 is 0 Å². The van der Waals surface area contributed by atoms with Gasteiger partial charge in [0.15, 0.2) is 6.61 Å². The monoisotopic (exact) mass is 327 g/mol. The summed E-state index contributed by atoms with van der Waals surface area (Å²) >= 11 is 0. The van der Waals surface area contributed by atoms with E-state index in [0.717, 1.165) is 25.7 Å². The van der Waals surface area contributed by atoms with E-state index in [1.165, 1.54) is 12.6 Å². The van der Waals surface area contributed by atoms with E-state index in [1.807, 2.05) is 29.1 Å². The summed E-state index contributed by atoms with van der Waals surface area (Å²) < 4.78 is 6.90. The van der Waals surface area contributed by atoms with Gasteiger partial charge in [0.2, 0.25) is 0 Å². The van der Waals surface area contributed by atoms with Crippen LogP contribution < -0.4 is 5.32 Å². The fourth-order valence-electron chi connectivity index (χ4n) is 2.88. The Morgan fingerprint density at radius 2 is 1.92 bits per heavy atom. The van der Waals surface area contributed by atoms with Gasteiger partial charge in [0.1, 0.15) is 5.82 Å². The molecule has 0 saturated heterocycles. The standard InChI is InChI=1S/C18H21N3O3/c22-17(20-15-6-2-1-3-7-15)13-24-18(23)14-8-9-16(19-12-14)21-10-4-5-11-21/h4-5,8-12,15H,1-3,6-7,13H2,(H,20,22). The lowest BCUT2D eigenvalue weighted by Gasteiger charge is -2.22. The molecule has 1 saturated carbocycles. The molecule has 0 radical (unpaired) electrons. The van der Waals surface area contributed by atoms with Crippen LogP contribution in [-0.4, -0.2) is 34.1 Å². The van der Waals surface area contributed by atoms with E-state index in [-0.39, 0.29) is 18.6 Å². The van der Waals surface area contributed by atoms with Crippen molar-refractivity contribution in [1.29, 1.82) is 0 Å². The Labute approximate surface area is 140 Å². The highest BCUT2D eigenvalue weighted by Gasteiger charge is 2.17. The predicted molar refractivity (Wildman–Crippen MR) is 88.9 cm³/mol. The van der Waals surface area contributed by atoms with Gasteiger partial charge in [0.25, 0.3) is 5.91 Å². The molecule has 0 unspecified atom stereocenters. The predicted octanol–water partition coefficient (Wildman–Crippen LogP) is 2.48. The summed E-state index contributed by atoms with van der Waals surface area (Å²) in [6.45, 7) is -0.255. The second-order valence-corrected chi connectivity index (χ2v) is 5.97. The summed E-state index contributed by atoms with van der Waals surface area (Å²) in [6.07, 6.45) is 10.7. The third-order valence-electron chi connectivity index (χ3n) is 4.16. The third kappa shape index (κ3) is 4.22. The number of amides is 1. The molecule has 1 N–H and O–H groups in total. The molecule has 0 aliphatic heterocycles. The van der Waals surface area contributed by atoms with Crippen LogP contribution in [0.25, 0.3) is 5.82 Å². The Morgan fingerprint density at radius 1 is 1.17 bits per heavy atom. The van der Waals surface area contributed by atoms with Crippen LogP contribution in [0.2, 0.25) is 0 Å². The Balaban J connectivity index is 1.48. The highest BCUT2D eigenvalue weighted by atomic mass is 16.5. The summed E-state index contributed by atoms with van der Waals surface area (Å²) in [5.74, 6) is -0.0703. The normalized spacial score (nSPS) is 15.0. The summed E-state index contributed by atoms with van der Waals surface area (Å²) in [5.41, 5.74) is 0.330. The van der Waals surface area contributed by atoms with E-state index in [1.54, 1.807) is 12.1 Å². The van der Waals surface area contributed by atoms with Crippen molar-refractivity contribution < 1.29 is 14.3 Å². The summed E-state index contributed by atoms with van der Waals surface area (Å²) in [6, 6.07) is 7.39. The average Bonchev–Trinajstić information content (AvgIpc) is 3.15. The first kappa shape index (κ1) is 16.2. The van der Waals surface area contributed by atoms with Crippen LogP contribution in [-0.2, 0) is 9.53 Å². The minimum atomic E-state index is -0.541. The molecule has 1 fully saturated rings. The molecular formula is C18H21N3O3. The number of nitrogens with zero attached hydrogens (tertiary/aromatic N) is 2. The van der Waals surface area contributed by atoms with Crippen molar-refractivity contribution in [3.63, 3.8) is 0 Å². The molecule has 6 heteroatoms. The van der Waals surface area contributed by atoms with Crippen LogP contribution in [0.1, 0.15) is 42.5 Å². The summed E-state index contributed by atoms with van der Waals surface area (Å²) in [7, 11) is 0. The van der Waals surface area contributed by atoms with E-state index in [9.17, 15) is 9.59 Å². The van der Waals surface area contributed by atoms with Crippen LogP contribution in [0.3, 0.4) is 0 Å². The molecule has 0 spiro atoms. The number of ether oxygens (including phenoxy) is 1. The molecular weight excluding hydrogens is 306 g/mol. The zero-order valence-electron chi connectivity index (χ0n) is 13.5. The molecule has 1 aliphatic rings. The number of hydrogen-bond donors (Lipinski definition) is 1. The maximum Gasteiger partial charge on any atom is 0.340 e. The van der Waals surface area contributed by atoms with E-state index >= 15 is 0 Å². The Morgan fingerprint density at radius 3 is 2.58 bits per heavy atom. The lowest BCUT2D eigenvalue weighted by atomic mass is 9.95. The minimum Gasteiger partial charge on any atom is -0.452 e. The first-order valence-corrected chi connectivity index (χ1v) is 8.28. The Kier molecular flexibility index (Phi) is 5.25. The van der Waals surface area contributed by atoms with Crippen molar-refractivity contribution in [2.24, 2.45) is 0 Å². The number of hydrogen-bond acceptors (Lipinski definition) is 4. The minimum absolute atomic E-state index is 0.215. The molecule has 3 rings (SSSR count). The van der Waals surface area contributed by atoms with Gasteiger partial charge in [-0.3, -0.25) is 4.79 Å². The SMILES string of the molecule is O=C(COC(=O)c1ccc(-n2cccc2)nc1)NC1CCCCC1. The number of carbonyl (C=O) groups excluding carboxylic acids is 2. The number of rotatable bonds is 5. The van der Waals surface area contributed by atoms with Gasteiger partial charge in [-0.25, -0.2) is 9.78 Å². The number of esters is 1. The van der Waals surface area contributed by atoms with E-state index < -0.39 is 5.97 Å². The summed E-state index contributed by atoms with van der Waals surface area (Å²) in [4.78, 5) is 28.1. The summed E-state index contributed by atoms with van der Waals surface area (Å²) in [5, 5.41) is 2.92. The molecule has 2 heterocycles. The van der Waals surface area contributed by atoms with E-state index in [2.05, 4.69) is 10.3 Å². The molecule has 0 atom stereocenters. The topological polar surface area (TPSA) is 73.2 Å². The first-order valence-electron chi connectivity index (χ1n) is 8.28. The molecule has 6 nitrogen and oxygen atoms in total. The second kappa shape index (κ2) is 7.77. The van der Waals surface area contributed by atoms with Crippen LogP contribution in [0.15, 0.2) is 42.9 Å². The quantitative estimate of drug-likeness (QED) is 0.856. The highest BCUT2D eigenvalue weighted by molar-refractivity contribution is 5.91. The van der Waals surface area contributed by atoms with Gasteiger partial charge in [0, 0.05) is 24.6 Å². The maximum atomic E-state index is 12.0. The van der Waals surface area contributed by atoms with Crippen LogP contribution in [0.4, 0.5) is 0 Å². The fraction of sp³-hybridized carbons (Fsp3) is 0.389. The number of aromatic nitrogens is 2. The van der Waals surface area contributed by atoms with Gasteiger partial charge in [-0.05, 0) is 37.1 Å². The van der Waals surface area contributed by atoms with Crippen molar-refractivity contribution in [2.75, 3.05) is 6.61 Å². The van der Waals surface area contributed by atoms with Crippen molar-refractivity contribution in [3.05, 3.63) is 48.4 Å². The average molecular weight is 327 g/mol. The van der Waals surface area contributed by atoms with E-state index in [0.29, 0.717) is 11.4 Å². The fourth-order valence-corrected chi connectivity index (χ4v) is 2.88. The smallest absolute Gasteiger partial charge is 0.340 e. The third-order valence-corrected chi connectivity index (χ3v) is 4.16. The molecule has 0 aromatic carbocycles. The zero-order chi connectivity index (χ0) is 16.8. The lowest BCUT2D eigenvalue weighted by molar-refractivity contribution is -0.125. The van der Waals surface area contributed by atoms with Crippen molar-refractivity contribution in [2.45, 2.75) is 38.1 Å². The molecule has 2 aromatic rings. The molecule has 126 valence electrons. The lowest BCUT2D eigenvalue weighted by Crippen LogP contribution is -2.38. The second-order valence-electron chi connectivity index (χ2n) is 5.97. The van der Waals surface area contributed by atoms with Gasteiger partial charge in [-0.2, -0.15) is 0 Å². The molecule has 0 bridgehead atoms. The molecule has 1 amide bonds. The largest absolute Gasteiger partial charge is 0.452 e. The van der Waals surface area contributed by atoms with Gasteiger partial charge in [-0.15, -0.1) is 0 Å². The van der Waals surface area contributed by atoms with E-state index in [4.69, 9.17) is 4.74 Å². The van der Waals surface area contributed by atoms with Crippen molar-refractivity contribution in [3.8, 4) is 5.82 Å². The Hall–Kier alpha value is -2.63. The molecule has 2 aromatic heterocycles. The van der Waals surface area contributed by atoms with Crippen molar-refractivity contribution >= 4 is 11.9 Å².